The molecule has 1 aliphatic rings. The highest BCUT2D eigenvalue weighted by Gasteiger charge is 2.21. The first-order valence-corrected chi connectivity index (χ1v) is 7.49. The first kappa shape index (κ1) is 13.1. The van der Waals surface area contributed by atoms with Gasteiger partial charge in [0, 0.05) is 28.6 Å². The molecule has 3 nitrogen and oxygen atoms in total. The van der Waals surface area contributed by atoms with Gasteiger partial charge in [-0.25, -0.2) is 4.98 Å². The van der Waals surface area contributed by atoms with Gasteiger partial charge in [-0.3, -0.25) is 0 Å². The highest BCUT2D eigenvalue weighted by atomic mass is 35.5. The van der Waals surface area contributed by atoms with E-state index < -0.39 is 0 Å². The molecule has 100 valence electrons. The number of ether oxygens (including phenoxy) is 1. The number of hydrogen-bond donors (Lipinski definition) is 1. The van der Waals surface area contributed by atoms with Gasteiger partial charge in [-0.05, 0) is 19.1 Å². The summed E-state index contributed by atoms with van der Waals surface area (Å²) in [6.45, 7) is 4.61. The molecule has 1 aromatic heterocycles. The number of aryl methyl sites for hydroxylation is 1. The molecule has 3 rings (SSSR count). The Bertz CT molecular complexity index is 561. The van der Waals surface area contributed by atoms with Crippen molar-refractivity contribution >= 4 is 22.9 Å². The normalized spacial score (nSPS) is 19.6. The molecule has 0 aliphatic carbocycles. The van der Waals surface area contributed by atoms with Crippen LogP contribution >= 0.6 is 22.9 Å². The number of thiazole rings is 1. The number of halogens is 1. The maximum absolute atomic E-state index is 5.92. The first-order chi connectivity index (χ1) is 9.24. The molecule has 19 heavy (non-hydrogen) atoms. The second-order valence-electron chi connectivity index (χ2n) is 4.53. The van der Waals surface area contributed by atoms with Crippen molar-refractivity contribution < 1.29 is 4.74 Å². The number of benzene rings is 1. The minimum atomic E-state index is 0.0819. The van der Waals surface area contributed by atoms with E-state index in [2.05, 4.69) is 12.2 Å². The molecule has 0 saturated carbocycles. The van der Waals surface area contributed by atoms with Crippen molar-refractivity contribution in [1.29, 1.82) is 0 Å². The van der Waals surface area contributed by atoms with Crippen molar-refractivity contribution in [3.63, 3.8) is 0 Å². The Balaban J connectivity index is 1.90. The van der Waals surface area contributed by atoms with Crippen molar-refractivity contribution in [2.24, 2.45) is 0 Å². The van der Waals surface area contributed by atoms with E-state index in [0.717, 1.165) is 41.0 Å². The molecule has 1 N–H and O–H groups in total. The molecule has 5 heteroatoms. The number of hydrogen-bond acceptors (Lipinski definition) is 4. The van der Waals surface area contributed by atoms with E-state index in [1.165, 1.54) is 4.88 Å². The van der Waals surface area contributed by atoms with Crippen LogP contribution in [0, 0.1) is 6.92 Å². The third kappa shape index (κ3) is 2.82. The predicted octanol–water partition coefficient (Wildman–Crippen LogP) is 3.43. The average molecular weight is 295 g/mol. The summed E-state index contributed by atoms with van der Waals surface area (Å²) in [6.07, 6.45) is 0.0819. The van der Waals surface area contributed by atoms with E-state index in [0.29, 0.717) is 0 Å². The van der Waals surface area contributed by atoms with Crippen molar-refractivity contribution in [3.05, 3.63) is 39.2 Å². The second-order valence-corrected chi connectivity index (χ2v) is 6.20. The van der Waals surface area contributed by atoms with Gasteiger partial charge in [0.2, 0.25) is 0 Å². The molecule has 1 unspecified atom stereocenters. The van der Waals surface area contributed by atoms with E-state index >= 15 is 0 Å². The molecule has 1 atom stereocenters. The molecule has 0 spiro atoms. The largest absolute Gasteiger partial charge is 0.368 e. The van der Waals surface area contributed by atoms with Gasteiger partial charge in [0.25, 0.3) is 0 Å². The Morgan fingerprint density at radius 2 is 2.16 bits per heavy atom. The Labute approximate surface area is 121 Å². The average Bonchev–Trinajstić information content (AvgIpc) is 2.83. The van der Waals surface area contributed by atoms with Crippen LogP contribution < -0.4 is 5.32 Å². The zero-order valence-electron chi connectivity index (χ0n) is 10.6. The Hall–Kier alpha value is -0.940. The standard InChI is InChI=1S/C14H15ClN2OS/c1-9-13(10-2-4-11(15)5-3-10)17-14(19-9)12-8-16-6-7-18-12/h2-5,12,16H,6-8H2,1H3. The topological polar surface area (TPSA) is 34.1 Å². The smallest absolute Gasteiger partial charge is 0.124 e. The van der Waals surface area contributed by atoms with Crippen LogP contribution in [0.4, 0.5) is 0 Å². The summed E-state index contributed by atoms with van der Waals surface area (Å²) in [4.78, 5) is 5.96. The summed E-state index contributed by atoms with van der Waals surface area (Å²) in [5.74, 6) is 0. The van der Waals surface area contributed by atoms with Gasteiger partial charge < -0.3 is 10.1 Å². The second kappa shape index (κ2) is 5.59. The number of nitrogens with zero attached hydrogens (tertiary/aromatic N) is 1. The molecule has 0 bridgehead atoms. The van der Waals surface area contributed by atoms with Crippen LogP contribution in [-0.4, -0.2) is 24.7 Å². The van der Waals surface area contributed by atoms with Crippen LogP contribution in [0.1, 0.15) is 16.0 Å². The van der Waals surface area contributed by atoms with Crippen molar-refractivity contribution in [3.8, 4) is 11.3 Å². The van der Waals surface area contributed by atoms with Gasteiger partial charge in [0.05, 0.1) is 12.3 Å². The molecule has 1 aromatic carbocycles. The van der Waals surface area contributed by atoms with E-state index in [9.17, 15) is 0 Å². The van der Waals surface area contributed by atoms with Gasteiger partial charge >= 0.3 is 0 Å². The number of nitrogens with one attached hydrogen (secondary N) is 1. The van der Waals surface area contributed by atoms with Crippen LogP contribution in [0.15, 0.2) is 24.3 Å². The predicted molar refractivity (Wildman–Crippen MR) is 78.9 cm³/mol. The van der Waals surface area contributed by atoms with Gasteiger partial charge in [-0.1, -0.05) is 23.7 Å². The molecule has 1 fully saturated rings. The van der Waals surface area contributed by atoms with E-state index in [1.54, 1.807) is 11.3 Å². The monoisotopic (exact) mass is 294 g/mol. The Morgan fingerprint density at radius 3 is 2.84 bits per heavy atom. The first-order valence-electron chi connectivity index (χ1n) is 6.29. The lowest BCUT2D eigenvalue weighted by atomic mass is 10.1. The molecular formula is C14H15ClN2OS. The fourth-order valence-electron chi connectivity index (χ4n) is 2.15. The van der Waals surface area contributed by atoms with Gasteiger partial charge in [-0.15, -0.1) is 11.3 Å². The van der Waals surface area contributed by atoms with Crippen molar-refractivity contribution in [1.82, 2.24) is 10.3 Å². The van der Waals surface area contributed by atoms with Crippen LogP contribution in [0.5, 0.6) is 0 Å². The molecule has 0 amide bonds. The highest BCUT2D eigenvalue weighted by Crippen LogP contribution is 2.32. The molecule has 1 aliphatic heterocycles. The number of morpholine rings is 1. The lowest BCUT2D eigenvalue weighted by molar-refractivity contribution is 0.0276. The quantitative estimate of drug-likeness (QED) is 0.921. The Morgan fingerprint density at radius 1 is 1.37 bits per heavy atom. The molecular weight excluding hydrogens is 280 g/mol. The van der Waals surface area contributed by atoms with Crippen LogP contribution in [0.25, 0.3) is 11.3 Å². The minimum absolute atomic E-state index is 0.0819. The van der Waals surface area contributed by atoms with Gasteiger partial charge in [0.15, 0.2) is 0 Å². The maximum atomic E-state index is 5.92. The van der Waals surface area contributed by atoms with E-state index in [1.807, 2.05) is 24.3 Å². The highest BCUT2D eigenvalue weighted by molar-refractivity contribution is 7.12. The SMILES string of the molecule is Cc1sc(C2CNCCO2)nc1-c1ccc(Cl)cc1. The third-order valence-corrected chi connectivity index (χ3v) is 4.45. The molecule has 2 aromatic rings. The van der Waals surface area contributed by atoms with E-state index in [4.69, 9.17) is 21.3 Å². The van der Waals surface area contributed by atoms with Gasteiger partial charge in [0.1, 0.15) is 11.1 Å². The van der Waals surface area contributed by atoms with E-state index in [-0.39, 0.29) is 6.10 Å². The molecule has 2 heterocycles. The van der Waals surface area contributed by atoms with Crippen molar-refractivity contribution in [2.45, 2.75) is 13.0 Å². The van der Waals surface area contributed by atoms with Crippen molar-refractivity contribution in [2.75, 3.05) is 19.7 Å². The maximum Gasteiger partial charge on any atom is 0.124 e. The van der Waals surface area contributed by atoms with Gasteiger partial charge in [-0.2, -0.15) is 0 Å². The third-order valence-electron chi connectivity index (χ3n) is 3.13. The zero-order chi connectivity index (χ0) is 13.2. The fourth-order valence-corrected chi connectivity index (χ4v) is 3.27. The summed E-state index contributed by atoms with van der Waals surface area (Å²) in [6, 6.07) is 7.81. The number of rotatable bonds is 2. The zero-order valence-corrected chi connectivity index (χ0v) is 12.2. The minimum Gasteiger partial charge on any atom is -0.368 e. The van der Waals surface area contributed by atoms with Crippen LogP contribution in [0.3, 0.4) is 0 Å². The Kier molecular flexibility index (Phi) is 3.84. The lowest BCUT2D eigenvalue weighted by Crippen LogP contribution is -2.33. The molecule has 0 radical (unpaired) electrons. The fraction of sp³-hybridized carbons (Fsp3) is 0.357. The van der Waals surface area contributed by atoms with Crippen LogP contribution in [-0.2, 0) is 4.74 Å². The molecule has 1 saturated heterocycles. The lowest BCUT2D eigenvalue weighted by Gasteiger charge is -2.21. The summed E-state index contributed by atoms with van der Waals surface area (Å²) < 4.78 is 5.75. The summed E-state index contributed by atoms with van der Waals surface area (Å²) in [7, 11) is 0. The number of aromatic nitrogens is 1. The summed E-state index contributed by atoms with van der Waals surface area (Å²) in [5.41, 5.74) is 2.14. The summed E-state index contributed by atoms with van der Waals surface area (Å²) >= 11 is 7.63. The summed E-state index contributed by atoms with van der Waals surface area (Å²) in [5, 5.41) is 5.13. The van der Waals surface area contributed by atoms with Crippen LogP contribution in [0.2, 0.25) is 5.02 Å².